The maximum Gasteiger partial charge on any atom is 0.135 e. The largest absolute Gasteiger partial charge is 0.367 e. The summed E-state index contributed by atoms with van der Waals surface area (Å²) in [6.45, 7) is 4.47. The molecule has 0 aliphatic carbocycles. The fraction of sp³-hybridized carbons (Fsp3) is 0.500. The predicted octanol–water partition coefficient (Wildman–Crippen LogP) is 3.52. The van der Waals surface area contributed by atoms with Crippen molar-refractivity contribution in [2.75, 3.05) is 16.8 Å². The van der Waals surface area contributed by atoms with Crippen LogP contribution in [0.2, 0.25) is 0 Å². The number of para-hydroxylation sites is 1. The molecule has 1 unspecified atom stereocenters. The van der Waals surface area contributed by atoms with Crippen molar-refractivity contribution in [1.82, 2.24) is 0 Å². The molecule has 0 radical (unpaired) electrons. The molecular weight excluding hydrogens is 228 g/mol. The summed E-state index contributed by atoms with van der Waals surface area (Å²) in [6, 6.07) is 12.5. The van der Waals surface area contributed by atoms with Gasteiger partial charge in [0.25, 0.3) is 0 Å². The van der Waals surface area contributed by atoms with Crippen molar-refractivity contribution in [3.05, 3.63) is 30.3 Å². The van der Waals surface area contributed by atoms with Crippen molar-refractivity contribution in [2.45, 2.75) is 25.8 Å². The van der Waals surface area contributed by atoms with E-state index in [4.69, 9.17) is 0 Å². The van der Waals surface area contributed by atoms with Crippen molar-refractivity contribution in [3.8, 4) is 6.07 Å². The van der Waals surface area contributed by atoms with Gasteiger partial charge < -0.3 is 5.32 Å². The van der Waals surface area contributed by atoms with E-state index in [9.17, 15) is 5.26 Å². The molecule has 90 valence electrons. The minimum Gasteiger partial charge on any atom is -0.367 e. The van der Waals surface area contributed by atoms with Crippen LogP contribution in [0.4, 0.5) is 5.69 Å². The number of rotatable bonds is 2. The number of benzene rings is 1. The highest BCUT2D eigenvalue weighted by Crippen LogP contribution is 2.40. The van der Waals surface area contributed by atoms with Gasteiger partial charge in [0.1, 0.15) is 5.54 Å². The van der Waals surface area contributed by atoms with Crippen LogP contribution in [-0.2, 0) is 0 Å². The second kappa shape index (κ2) is 4.62. The molecule has 0 aromatic heterocycles. The van der Waals surface area contributed by atoms with Gasteiger partial charge in [-0.25, -0.2) is 0 Å². The van der Waals surface area contributed by atoms with Crippen LogP contribution in [0.25, 0.3) is 0 Å². The zero-order chi connectivity index (χ0) is 12.4. The molecule has 1 N–H and O–H groups in total. The molecule has 0 amide bonds. The SMILES string of the molecule is CC1(C)CSCC(C#N)(Nc2ccccc2)C1. The number of nitrogens with zero attached hydrogens (tertiary/aromatic N) is 1. The maximum absolute atomic E-state index is 9.51. The van der Waals surface area contributed by atoms with E-state index in [2.05, 4.69) is 25.2 Å². The highest BCUT2D eigenvalue weighted by atomic mass is 32.2. The van der Waals surface area contributed by atoms with Crippen LogP contribution >= 0.6 is 11.8 Å². The highest BCUT2D eigenvalue weighted by molar-refractivity contribution is 7.99. The molecule has 1 aromatic carbocycles. The Bertz CT molecular complexity index is 422. The molecule has 1 aliphatic heterocycles. The Kier molecular flexibility index (Phi) is 3.35. The molecule has 1 heterocycles. The van der Waals surface area contributed by atoms with Crippen LogP contribution in [0.1, 0.15) is 20.3 Å². The van der Waals surface area contributed by atoms with Crippen molar-refractivity contribution in [3.63, 3.8) is 0 Å². The number of nitriles is 1. The van der Waals surface area contributed by atoms with E-state index in [0.29, 0.717) is 0 Å². The van der Waals surface area contributed by atoms with Gasteiger partial charge in [0, 0.05) is 11.4 Å². The monoisotopic (exact) mass is 246 g/mol. The Morgan fingerprint density at radius 3 is 2.53 bits per heavy atom. The van der Waals surface area contributed by atoms with E-state index in [1.165, 1.54) is 0 Å². The normalized spacial score (nSPS) is 27.1. The van der Waals surface area contributed by atoms with E-state index in [1.54, 1.807) is 0 Å². The van der Waals surface area contributed by atoms with E-state index in [0.717, 1.165) is 23.6 Å². The second-order valence-corrected chi connectivity index (χ2v) is 6.50. The van der Waals surface area contributed by atoms with Crippen LogP contribution in [0.15, 0.2) is 30.3 Å². The van der Waals surface area contributed by atoms with Gasteiger partial charge in [0.2, 0.25) is 0 Å². The molecular formula is C14H18N2S. The maximum atomic E-state index is 9.51. The van der Waals surface area contributed by atoms with Gasteiger partial charge in [-0.2, -0.15) is 17.0 Å². The van der Waals surface area contributed by atoms with Crippen molar-refractivity contribution >= 4 is 17.4 Å². The average Bonchev–Trinajstić information content (AvgIpc) is 2.29. The van der Waals surface area contributed by atoms with E-state index < -0.39 is 5.54 Å². The van der Waals surface area contributed by atoms with Gasteiger partial charge in [-0.1, -0.05) is 32.0 Å². The number of hydrogen-bond donors (Lipinski definition) is 1. The van der Waals surface area contributed by atoms with Gasteiger partial charge in [-0.15, -0.1) is 0 Å². The lowest BCUT2D eigenvalue weighted by Gasteiger charge is -2.41. The first-order valence-electron chi connectivity index (χ1n) is 5.88. The summed E-state index contributed by atoms with van der Waals surface area (Å²) in [5, 5.41) is 12.9. The van der Waals surface area contributed by atoms with Gasteiger partial charge in [0.15, 0.2) is 0 Å². The fourth-order valence-corrected chi connectivity index (χ4v) is 3.74. The van der Waals surface area contributed by atoms with Crippen LogP contribution in [0, 0.1) is 16.7 Å². The summed E-state index contributed by atoms with van der Waals surface area (Å²) in [5.41, 5.74) is 0.834. The van der Waals surface area contributed by atoms with Crippen LogP contribution in [0.5, 0.6) is 0 Å². The molecule has 17 heavy (non-hydrogen) atoms. The first-order chi connectivity index (χ1) is 8.05. The van der Waals surface area contributed by atoms with Crippen LogP contribution in [0.3, 0.4) is 0 Å². The van der Waals surface area contributed by atoms with E-state index >= 15 is 0 Å². The topological polar surface area (TPSA) is 35.8 Å². The molecule has 2 rings (SSSR count). The molecule has 2 nitrogen and oxygen atoms in total. The summed E-state index contributed by atoms with van der Waals surface area (Å²) in [7, 11) is 0. The smallest absolute Gasteiger partial charge is 0.135 e. The van der Waals surface area contributed by atoms with Crippen LogP contribution < -0.4 is 5.32 Å². The minimum atomic E-state index is -0.423. The van der Waals surface area contributed by atoms with Crippen LogP contribution in [-0.4, -0.2) is 17.0 Å². The Morgan fingerprint density at radius 1 is 1.24 bits per heavy atom. The summed E-state index contributed by atoms with van der Waals surface area (Å²) in [4.78, 5) is 0. The van der Waals surface area contributed by atoms with Crippen molar-refractivity contribution in [2.24, 2.45) is 5.41 Å². The van der Waals surface area contributed by atoms with Gasteiger partial charge in [0.05, 0.1) is 6.07 Å². The molecule has 3 heteroatoms. The molecule has 1 aromatic rings. The second-order valence-electron chi connectivity index (χ2n) is 5.52. The predicted molar refractivity (Wildman–Crippen MR) is 74.1 cm³/mol. The molecule has 1 aliphatic rings. The minimum absolute atomic E-state index is 0.223. The molecule has 1 fully saturated rings. The first kappa shape index (κ1) is 12.3. The molecule has 0 bridgehead atoms. The lowest BCUT2D eigenvalue weighted by molar-refractivity contribution is 0.324. The Balaban J connectivity index is 2.18. The lowest BCUT2D eigenvalue weighted by atomic mass is 9.80. The average molecular weight is 246 g/mol. The summed E-state index contributed by atoms with van der Waals surface area (Å²) >= 11 is 1.87. The molecule has 0 spiro atoms. The van der Waals surface area contributed by atoms with Crippen molar-refractivity contribution < 1.29 is 0 Å². The zero-order valence-corrected chi connectivity index (χ0v) is 11.2. The number of anilines is 1. The van der Waals surface area contributed by atoms with Gasteiger partial charge in [-0.05, 0) is 29.7 Å². The van der Waals surface area contributed by atoms with E-state index in [-0.39, 0.29) is 5.41 Å². The first-order valence-corrected chi connectivity index (χ1v) is 7.03. The molecule has 1 atom stereocenters. The number of nitrogens with one attached hydrogen (secondary N) is 1. The molecule has 0 saturated carbocycles. The third-order valence-corrected chi connectivity index (χ3v) is 4.68. The summed E-state index contributed by atoms with van der Waals surface area (Å²) in [5.74, 6) is 1.99. The third kappa shape index (κ3) is 2.95. The zero-order valence-electron chi connectivity index (χ0n) is 10.4. The Hall–Kier alpha value is -1.14. The lowest BCUT2D eigenvalue weighted by Crippen LogP contribution is -2.47. The fourth-order valence-electron chi connectivity index (χ4n) is 2.40. The third-order valence-electron chi connectivity index (χ3n) is 2.99. The number of hydrogen-bond acceptors (Lipinski definition) is 3. The number of thioether (sulfide) groups is 1. The summed E-state index contributed by atoms with van der Waals surface area (Å²) < 4.78 is 0. The van der Waals surface area contributed by atoms with E-state index in [1.807, 2.05) is 42.1 Å². The molecule has 1 saturated heterocycles. The van der Waals surface area contributed by atoms with Gasteiger partial charge >= 0.3 is 0 Å². The highest BCUT2D eigenvalue weighted by Gasteiger charge is 2.40. The summed E-state index contributed by atoms with van der Waals surface area (Å²) in [6.07, 6.45) is 0.901. The quantitative estimate of drug-likeness (QED) is 0.867. The Labute approximate surface area is 107 Å². The Morgan fingerprint density at radius 2 is 1.94 bits per heavy atom. The van der Waals surface area contributed by atoms with Gasteiger partial charge in [-0.3, -0.25) is 0 Å². The van der Waals surface area contributed by atoms with Crippen molar-refractivity contribution in [1.29, 1.82) is 5.26 Å². The standard InChI is InChI=1S/C14H18N2S/c1-13(2)8-14(9-15,11-17-10-13)16-12-6-4-3-5-7-12/h3-7,16H,8,10-11H2,1-2H3.